The summed E-state index contributed by atoms with van der Waals surface area (Å²) >= 11 is 0. The molecule has 53 heavy (non-hydrogen) atoms. The van der Waals surface area contributed by atoms with Crippen molar-refractivity contribution in [1.82, 2.24) is 19.6 Å². The van der Waals surface area contributed by atoms with Crippen LogP contribution in [0.15, 0.2) is 115 Å². The Bertz CT molecular complexity index is 2180. The quantitative estimate of drug-likeness (QED) is 0.160. The molecule has 4 aromatic carbocycles. The van der Waals surface area contributed by atoms with E-state index in [4.69, 9.17) is 9.84 Å². The Morgan fingerprint density at radius 1 is 0.717 bits per heavy atom. The second kappa shape index (κ2) is 16.3. The predicted octanol–water partition coefficient (Wildman–Crippen LogP) is 10.4. The highest BCUT2D eigenvalue weighted by Crippen LogP contribution is 2.27. The maximum atomic E-state index is 12.8. The number of anilines is 2. The van der Waals surface area contributed by atoms with Crippen molar-refractivity contribution in [2.45, 2.75) is 72.8 Å². The molecule has 0 saturated heterocycles. The van der Waals surface area contributed by atoms with Gasteiger partial charge in [-0.15, -0.1) is 0 Å². The van der Waals surface area contributed by atoms with Crippen LogP contribution < -0.4 is 15.4 Å². The lowest BCUT2D eigenvalue weighted by molar-refractivity contribution is 0.262. The summed E-state index contributed by atoms with van der Waals surface area (Å²) in [5, 5.41) is 28.3. The maximum absolute atomic E-state index is 12.8. The van der Waals surface area contributed by atoms with Gasteiger partial charge in [0.2, 0.25) is 0 Å². The van der Waals surface area contributed by atoms with E-state index in [0.717, 1.165) is 39.6 Å². The number of aromatic nitrogens is 4. The second-order valence-corrected chi connectivity index (χ2v) is 14.9. The number of amides is 2. The van der Waals surface area contributed by atoms with Crippen LogP contribution in [0.3, 0.4) is 0 Å². The summed E-state index contributed by atoms with van der Waals surface area (Å²) in [7, 11) is 0. The van der Waals surface area contributed by atoms with Gasteiger partial charge in [-0.1, -0.05) is 107 Å². The number of aryl methyl sites for hydroxylation is 2. The molecular weight excluding hydrogens is 663 g/mol. The fourth-order valence-electron chi connectivity index (χ4n) is 5.13. The second-order valence-electron chi connectivity index (χ2n) is 14.9. The van der Waals surface area contributed by atoms with Crippen LogP contribution in [0, 0.1) is 25.1 Å². The largest absolute Gasteiger partial charge is 0.498 e. The number of hydrogen-bond acceptors (Lipinski definition) is 5. The average molecular weight is 710 g/mol. The van der Waals surface area contributed by atoms with Crippen LogP contribution >= 0.6 is 0 Å². The van der Waals surface area contributed by atoms with Crippen molar-refractivity contribution >= 4 is 17.5 Å². The fraction of sp³-hybridized carbons (Fsp3) is 0.256. The van der Waals surface area contributed by atoms with Crippen LogP contribution in [0.4, 0.5) is 16.3 Å². The molecule has 2 amide bonds. The summed E-state index contributed by atoms with van der Waals surface area (Å²) in [6.07, 6.45) is 0. The molecule has 0 saturated carbocycles. The summed E-state index contributed by atoms with van der Waals surface area (Å²) in [5.41, 5.74) is 8.01. The van der Waals surface area contributed by atoms with Crippen molar-refractivity contribution in [3.63, 3.8) is 0 Å². The third-order valence-corrected chi connectivity index (χ3v) is 8.27. The van der Waals surface area contributed by atoms with E-state index in [2.05, 4.69) is 68.4 Å². The number of nitrogens with one attached hydrogen (secondary N) is 2. The van der Waals surface area contributed by atoms with E-state index < -0.39 is 0 Å². The Kier molecular flexibility index (Phi) is 11.7. The number of benzene rings is 4. The third kappa shape index (κ3) is 10.4. The minimum atomic E-state index is -0.341. The smallest absolute Gasteiger partial charge is 0.357 e. The Balaban J connectivity index is 0.000000241. The molecule has 0 bridgehead atoms. The van der Waals surface area contributed by atoms with Crippen LogP contribution in [-0.2, 0) is 17.4 Å². The van der Waals surface area contributed by atoms with Crippen LogP contribution in [0.5, 0.6) is 5.75 Å². The van der Waals surface area contributed by atoms with Gasteiger partial charge in [-0.05, 0) is 67.9 Å². The summed E-state index contributed by atoms with van der Waals surface area (Å²) in [6.45, 7) is 17.1. The first-order valence-electron chi connectivity index (χ1n) is 17.5. The summed E-state index contributed by atoms with van der Waals surface area (Å²) in [6, 6.07) is 39.2. The molecular formula is C43H47N7O3. The first-order valence-corrected chi connectivity index (χ1v) is 17.5. The van der Waals surface area contributed by atoms with Crippen LogP contribution in [0.2, 0.25) is 0 Å². The molecule has 2 N–H and O–H groups in total. The van der Waals surface area contributed by atoms with Gasteiger partial charge in [-0.3, -0.25) is 5.32 Å². The molecule has 0 radical (unpaired) electrons. The number of rotatable bonds is 7. The Labute approximate surface area is 311 Å². The van der Waals surface area contributed by atoms with Crippen molar-refractivity contribution in [3.8, 4) is 23.2 Å². The molecule has 0 aliphatic rings. The fourth-order valence-corrected chi connectivity index (χ4v) is 5.13. The molecule has 272 valence electrons. The summed E-state index contributed by atoms with van der Waals surface area (Å²) < 4.78 is 9.28. The molecule has 0 aliphatic heterocycles. The van der Waals surface area contributed by atoms with E-state index >= 15 is 0 Å². The molecule has 0 unspecified atom stereocenters. The van der Waals surface area contributed by atoms with Gasteiger partial charge in [-0.25, -0.2) is 14.2 Å². The molecule has 6 aromatic rings. The number of nitrogens with zero attached hydrogens (tertiary/aromatic N) is 5. The number of carbonyl (C=O) groups excluding carboxylic acids is 1. The monoisotopic (exact) mass is 709 g/mol. The lowest BCUT2D eigenvalue weighted by Crippen LogP contribution is -2.21. The van der Waals surface area contributed by atoms with Crippen molar-refractivity contribution < 1.29 is 9.53 Å². The first kappa shape index (κ1) is 37.9. The topological polar surface area (TPSA) is 113 Å². The van der Waals surface area contributed by atoms with Gasteiger partial charge in [0.15, 0.2) is 5.69 Å². The van der Waals surface area contributed by atoms with E-state index in [-0.39, 0.29) is 16.9 Å². The maximum Gasteiger partial charge on any atom is 0.357 e. The number of hydrogen-bond donors (Lipinski definition) is 2. The third-order valence-electron chi connectivity index (χ3n) is 8.27. The van der Waals surface area contributed by atoms with Crippen LogP contribution in [-0.4, -0.2) is 25.6 Å². The van der Waals surface area contributed by atoms with Gasteiger partial charge >= 0.3 is 12.1 Å². The van der Waals surface area contributed by atoms with E-state index in [1.165, 1.54) is 5.56 Å². The van der Waals surface area contributed by atoms with Gasteiger partial charge in [0.1, 0.15) is 18.2 Å². The highest BCUT2D eigenvalue weighted by atomic mass is 16.5. The molecule has 0 fully saturated rings. The van der Waals surface area contributed by atoms with E-state index in [0.29, 0.717) is 23.8 Å². The molecule has 10 heteroatoms. The number of urea groups is 1. The van der Waals surface area contributed by atoms with E-state index in [1.807, 2.05) is 129 Å². The van der Waals surface area contributed by atoms with E-state index in [1.54, 1.807) is 9.36 Å². The van der Waals surface area contributed by atoms with Gasteiger partial charge in [0.05, 0.1) is 22.8 Å². The zero-order valence-corrected chi connectivity index (χ0v) is 31.6. The minimum absolute atomic E-state index is 0.0880. The van der Waals surface area contributed by atoms with Crippen molar-refractivity contribution in [2.75, 3.05) is 10.6 Å². The molecule has 0 atom stereocenters. The molecule has 0 spiro atoms. The van der Waals surface area contributed by atoms with Crippen LogP contribution in [0.1, 0.15) is 75.3 Å². The van der Waals surface area contributed by atoms with Crippen molar-refractivity contribution in [2.24, 2.45) is 0 Å². The number of ether oxygens (including phenoxy) is 1. The van der Waals surface area contributed by atoms with E-state index in [9.17, 15) is 10.0 Å². The molecule has 10 nitrogen and oxygen atoms in total. The SMILES string of the molecule is Cc1ccc(-n2nc(C(C)(C)C)cc2C#[N+][O-])cc1.Cc1ccc(-n2nc(C(C)(C)C)cc2NC(=O)Nc2ccc(OCc3ccccc3)cc2)cc1. The van der Waals surface area contributed by atoms with Gasteiger partial charge < -0.3 is 15.3 Å². The highest BCUT2D eigenvalue weighted by molar-refractivity contribution is 5.99. The lowest BCUT2D eigenvalue weighted by atomic mass is 9.92. The van der Waals surface area contributed by atoms with Gasteiger partial charge in [-0.2, -0.15) is 10.2 Å². The predicted molar refractivity (Wildman–Crippen MR) is 214 cm³/mol. The summed E-state index contributed by atoms with van der Waals surface area (Å²) in [4.78, 5) is 12.8. The number of carbonyl (C=O) groups is 1. The minimum Gasteiger partial charge on any atom is -0.498 e. The van der Waals surface area contributed by atoms with Gasteiger partial charge in [0.25, 0.3) is 0 Å². The van der Waals surface area contributed by atoms with Crippen molar-refractivity contribution in [1.29, 1.82) is 0 Å². The Hall–Kier alpha value is -6.34. The highest BCUT2D eigenvalue weighted by Gasteiger charge is 2.23. The molecule has 0 aliphatic carbocycles. The van der Waals surface area contributed by atoms with Crippen molar-refractivity contribution in [3.05, 3.63) is 159 Å². The standard InChI is InChI=1S/C28H30N4O2.C15H17N3O/c1-20-10-14-23(15-11-20)32-26(18-25(31-32)28(2,3)4)30-27(33)29-22-12-16-24(17-13-22)34-19-21-8-6-5-7-9-21;1-11-5-7-12(8-6-11)18-13(10-16-19)9-14(17-18)15(2,3)4/h5-18H,19H2,1-4H3,(H2,29,30,33);5-9H,1-4H3. The molecule has 2 heterocycles. The lowest BCUT2D eigenvalue weighted by Gasteiger charge is -2.14. The molecule has 2 aromatic heterocycles. The zero-order chi connectivity index (χ0) is 38.2. The zero-order valence-electron chi connectivity index (χ0n) is 31.6. The Morgan fingerprint density at radius 2 is 1.25 bits per heavy atom. The van der Waals surface area contributed by atoms with Gasteiger partial charge in [0, 0.05) is 33.7 Å². The first-order chi connectivity index (χ1) is 25.2. The summed E-state index contributed by atoms with van der Waals surface area (Å²) in [5.74, 6) is 1.34. The molecule has 6 rings (SSSR count). The normalized spacial score (nSPS) is 11.1. The Morgan fingerprint density at radius 3 is 1.79 bits per heavy atom. The average Bonchev–Trinajstić information content (AvgIpc) is 3.75. The van der Waals surface area contributed by atoms with Crippen LogP contribution in [0.25, 0.3) is 16.4 Å².